The molecule has 0 saturated carbocycles. The molecule has 0 aliphatic heterocycles. The van der Waals surface area contributed by atoms with Gasteiger partial charge in [0.15, 0.2) is 0 Å². The van der Waals surface area contributed by atoms with E-state index in [0.717, 1.165) is 0 Å². The highest BCUT2D eigenvalue weighted by molar-refractivity contribution is 5.97. The van der Waals surface area contributed by atoms with Crippen LogP contribution in [-0.2, 0) is 4.79 Å². The van der Waals surface area contributed by atoms with E-state index in [2.05, 4.69) is 5.32 Å². The monoisotopic (exact) mass is 335 g/mol. The second-order valence-corrected chi connectivity index (χ2v) is 4.62. The summed E-state index contributed by atoms with van der Waals surface area (Å²) in [6.45, 7) is -0.467. The van der Waals surface area contributed by atoms with Crippen LogP contribution >= 0.6 is 0 Å². The molecule has 0 aliphatic rings. The molecule has 0 heterocycles. The van der Waals surface area contributed by atoms with Crippen molar-refractivity contribution in [2.24, 2.45) is 0 Å². The Hall–Kier alpha value is -2.76. The number of hydrogen-bond acceptors (Lipinski definition) is 7. The fraction of sp³-hybridized carbons (Fsp3) is 0.375. The molecule has 0 fully saturated rings. The summed E-state index contributed by atoms with van der Waals surface area (Å²) in [6.07, 6.45) is 1.25. The van der Waals surface area contributed by atoms with Crippen molar-refractivity contribution < 1.29 is 24.5 Å². The minimum absolute atomic E-state index is 0.0287. The first-order valence-corrected chi connectivity index (χ1v) is 7.21. The third-order valence-electron chi connectivity index (χ3n) is 3.16. The molecular formula is C16H21N3O5. The molecule has 8 nitrogen and oxygen atoms in total. The maximum absolute atomic E-state index is 12.3. The van der Waals surface area contributed by atoms with Gasteiger partial charge in [0.25, 0.3) is 5.91 Å². The lowest BCUT2D eigenvalue weighted by Crippen LogP contribution is -2.36. The summed E-state index contributed by atoms with van der Waals surface area (Å²) < 4.78 is 10.3. The zero-order valence-corrected chi connectivity index (χ0v) is 13.7. The fourth-order valence-electron chi connectivity index (χ4n) is 1.95. The summed E-state index contributed by atoms with van der Waals surface area (Å²) in [6, 6.07) is 6.87. The Labute approximate surface area is 140 Å². The third kappa shape index (κ3) is 5.15. The molecule has 8 heteroatoms. The number of carbonyl (C=O) groups is 1. The van der Waals surface area contributed by atoms with Crippen molar-refractivity contribution >= 4 is 11.6 Å². The number of ether oxygens (including phenoxy) is 2. The van der Waals surface area contributed by atoms with E-state index < -0.39 is 5.91 Å². The predicted molar refractivity (Wildman–Crippen MR) is 87.6 cm³/mol. The lowest BCUT2D eigenvalue weighted by atomic mass is 10.2. The van der Waals surface area contributed by atoms with Gasteiger partial charge in [0.1, 0.15) is 23.1 Å². The Kier molecular flexibility index (Phi) is 8.11. The first-order valence-electron chi connectivity index (χ1n) is 7.21. The summed E-state index contributed by atoms with van der Waals surface area (Å²) in [4.78, 5) is 13.5. The number of nitrogens with one attached hydrogen (secondary N) is 1. The van der Waals surface area contributed by atoms with Crippen LogP contribution in [0.1, 0.15) is 0 Å². The molecule has 0 unspecified atom stereocenters. The van der Waals surface area contributed by atoms with Gasteiger partial charge in [0.05, 0.1) is 33.1 Å². The van der Waals surface area contributed by atoms with Crippen molar-refractivity contribution in [2.75, 3.05) is 45.8 Å². The van der Waals surface area contributed by atoms with Crippen LogP contribution in [-0.4, -0.2) is 61.5 Å². The van der Waals surface area contributed by atoms with Gasteiger partial charge in [-0.2, -0.15) is 5.26 Å². The number of rotatable bonds is 9. The zero-order valence-electron chi connectivity index (χ0n) is 13.7. The van der Waals surface area contributed by atoms with Crippen LogP contribution in [0.4, 0.5) is 5.69 Å². The largest absolute Gasteiger partial charge is 0.497 e. The van der Waals surface area contributed by atoms with E-state index >= 15 is 0 Å². The Balaban J connectivity index is 3.00. The maximum atomic E-state index is 12.3. The van der Waals surface area contributed by atoms with Crippen LogP contribution in [0.15, 0.2) is 30.0 Å². The fourth-order valence-corrected chi connectivity index (χ4v) is 1.95. The second-order valence-electron chi connectivity index (χ2n) is 4.62. The van der Waals surface area contributed by atoms with E-state index in [0.29, 0.717) is 17.2 Å². The molecule has 0 bridgehead atoms. The van der Waals surface area contributed by atoms with Crippen molar-refractivity contribution in [1.82, 2.24) is 4.90 Å². The Morgan fingerprint density at radius 2 is 1.96 bits per heavy atom. The van der Waals surface area contributed by atoms with Crippen molar-refractivity contribution in [2.45, 2.75) is 0 Å². The number of nitriles is 1. The molecule has 1 amide bonds. The zero-order chi connectivity index (χ0) is 17.9. The van der Waals surface area contributed by atoms with Gasteiger partial charge in [-0.25, -0.2) is 0 Å². The van der Waals surface area contributed by atoms with E-state index in [1.807, 2.05) is 6.07 Å². The minimum Gasteiger partial charge on any atom is -0.497 e. The molecule has 0 spiro atoms. The van der Waals surface area contributed by atoms with Gasteiger partial charge < -0.3 is 29.9 Å². The molecule has 0 radical (unpaired) electrons. The van der Waals surface area contributed by atoms with E-state index in [1.54, 1.807) is 18.2 Å². The van der Waals surface area contributed by atoms with Crippen molar-refractivity contribution in [3.05, 3.63) is 30.0 Å². The van der Waals surface area contributed by atoms with Crippen LogP contribution in [0, 0.1) is 11.3 Å². The SMILES string of the molecule is COc1ccc(OC)c(N/C=C(/C#N)C(=O)N(CCO)CCO)c1. The van der Waals surface area contributed by atoms with Gasteiger partial charge in [0, 0.05) is 25.4 Å². The number of benzene rings is 1. The van der Waals surface area contributed by atoms with Gasteiger partial charge in [0.2, 0.25) is 0 Å². The summed E-state index contributed by atoms with van der Waals surface area (Å²) >= 11 is 0. The second kappa shape index (κ2) is 10.1. The number of anilines is 1. The molecule has 1 aromatic carbocycles. The number of hydrogen-bond donors (Lipinski definition) is 3. The number of aliphatic hydroxyl groups is 2. The van der Waals surface area contributed by atoms with Crippen molar-refractivity contribution in [1.29, 1.82) is 5.26 Å². The standard InChI is InChI=1S/C16H21N3O5/c1-23-13-3-4-15(24-2)14(9-13)18-11-12(10-17)16(22)19(5-7-20)6-8-21/h3-4,9,11,18,20-21H,5-8H2,1-2H3/b12-11-. The molecule has 0 atom stereocenters. The highest BCUT2D eigenvalue weighted by atomic mass is 16.5. The average Bonchev–Trinajstić information content (AvgIpc) is 2.61. The summed E-state index contributed by atoms with van der Waals surface area (Å²) in [5.41, 5.74) is 0.357. The summed E-state index contributed by atoms with van der Waals surface area (Å²) in [7, 11) is 3.02. The molecule has 0 aromatic heterocycles. The smallest absolute Gasteiger partial charge is 0.266 e. The number of amides is 1. The number of aliphatic hydroxyl groups excluding tert-OH is 2. The lowest BCUT2D eigenvalue weighted by molar-refractivity contribution is -0.127. The van der Waals surface area contributed by atoms with Crippen LogP contribution in [0.3, 0.4) is 0 Å². The van der Waals surface area contributed by atoms with Crippen molar-refractivity contribution in [3.8, 4) is 17.6 Å². The predicted octanol–water partition coefficient (Wildman–Crippen LogP) is 0.336. The third-order valence-corrected chi connectivity index (χ3v) is 3.16. The Morgan fingerprint density at radius 3 is 2.46 bits per heavy atom. The van der Waals surface area contributed by atoms with E-state index in [1.165, 1.54) is 25.3 Å². The first kappa shape index (κ1) is 19.3. The Morgan fingerprint density at radius 1 is 1.29 bits per heavy atom. The molecule has 3 N–H and O–H groups in total. The number of carbonyl (C=O) groups excluding carboxylic acids is 1. The lowest BCUT2D eigenvalue weighted by Gasteiger charge is -2.20. The molecule has 24 heavy (non-hydrogen) atoms. The highest BCUT2D eigenvalue weighted by Gasteiger charge is 2.17. The minimum atomic E-state index is -0.588. The Bertz CT molecular complexity index is 619. The van der Waals surface area contributed by atoms with Crippen LogP contribution in [0.2, 0.25) is 0 Å². The van der Waals surface area contributed by atoms with Crippen molar-refractivity contribution in [3.63, 3.8) is 0 Å². The molecule has 0 aliphatic carbocycles. The molecule has 1 rings (SSSR count). The number of nitrogens with zero attached hydrogens (tertiary/aromatic N) is 2. The molecule has 130 valence electrons. The van der Waals surface area contributed by atoms with Gasteiger partial charge in [-0.3, -0.25) is 4.79 Å². The number of methoxy groups -OCH3 is 2. The molecule has 0 saturated heterocycles. The molecular weight excluding hydrogens is 314 g/mol. The highest BCUT2D eigenvalue weighted by Crippen LogP contribution is 2.29. The maximum Gasteiger partial charge on any atom is 0.266 e. The van der Waals surface area contributed by atoms with E-state index in [-0.39, 0.29) is 31.9 Å². The van der Waals surface area contributed by atoms with Gasteiger partial charge in [-0.15, -0.1) is 0 Å². The van der Waals surface area contributed by atoms with Crippen LogP contribution in [0.25, 0.3) is 0 Å². The summed E-state index contributed by atoms with van der Waals surface area (Å²) in [5.74, 6) is 0.507. The van der Waals surface area contributed by atoms with Gasteiger partial charge in [-0.1, -0.05) is 0 Å². The molecule has 1 aromatic rings. The van der Waals surface area contributed by atoms with E-state index in [9.17, 15) is 10.1 Å². The van der Waals surface area contributed by atoms with E-state index in [4.69, 9.17) is 19.7 Å². The van der Waals surface area contributed by atoms with Crippen LogP contribution in [0.5, 0.6) is 11.5 Å². The topological polar surface area (TPSA) is 115 Å². The normalized spacial score (nSPS) is 10.7. The van der Waals surface area contributed by atoms with Gasteiger partial charge in [-0.05, 0) is 12.1 Å². The van der Waals surface area contributed by atoms with Gasteiger partial charge >= 0.3 is 0 Å². The van der Waals surface area contributed by atoms with Crippen LogP contribution < -0.4 is 14.8 Å². The average molecular weight is 335 g/mol. The first-order chi connectivity index (χ1) is 11.6. The summed E-state index contributed by atoms with van der Waals surface area (Å²) in [5, 5.41) is 30.0. The quantitative estimate of drug-likeness (QED) is 0.440.